The summed E-state index contributed by atoms with van der Waals surface area (Å²) in [5.74, 6) is 2.25. The molecule has 1 aliphatic heterocycles. The van der Waals surface area contributed by atoms with Crippen molar-refractivity contribution in [2.45, 2.75) is 38.2 Å². The third kappa shape index (κ3) is 4.42. The molecule has 0 aromatic heterocycles. The standard InChI is InChI=1S/C19H27ClN2O2/c1-22(2)19(23)16-6-5-15(12-17(16)20)24-18-11-14(18)4-3-13-7-9-21-10-8-13/h5-6,12-14,18,21H,3-4,7-11H2,1-2H3. The molecule has 1 N–H and O–H groups in total. The normalized spacial score (nSPS) is 23.8. The molecule has 0 spiro atoms. The monoisotopic (exact) mass is 350 g/mol. The van der Waals surface area contributed by atoms with Crippen molar-refractivity contribution in [2.24, 2.45) is 11.8 Å². The molecule has 2 atom stereocenters. The van der Waals surface area contributed by atoms with E-state index in [1.165, 1.54) is 43.7 Å². The van der Waals surface area contributed by atoms with Crippen molar-refractivity contribution in [3.8, 4) is 5.75 Å². The lowest BCUT2D eigenvalue weighted by Crippen LogP contribution is -2.27. The number of nitrogens with one attached hydrogen (secondary N) is 1. The second kappa shape index (κ2) is 7.75. The van der Waals surface area contributed by atoms with E-state index in [9.17, 15) is 4.79 Å². The Morgan fingerprint density at radius 1 is 1.29 bits per heavy atom. The first-order valence-corrected chi connectivity index (χ1v) is 9.31. The minimum atomic E-state index is -0.0854. The first-order chi connectivity index (χ1) is 11.5. The van der Waals surface area contributed by atoms with Crippen LogP contribution < -0.4 is 10.1 Å². The topological polar surface area (TPSA) is 41.6 Å². The van der Waals surface area contributed by atoms with E-state index in [0.717, 1.165) is 18.1 Å². The van der Waals surface area contributed by atoms with E-state index in [-0.39, 0.29) is 5.91 Å². The molecular formula is C19H27ClN2O2. The molecule has 1 aromatic carbocycles. The molecule has 1 aliphatic carbocycles. The maximum atomic E-state index is 12.0. The number of halogens is 1. The molecule has 5 heteroatoms. The first-order valence-electron chi connectivity index (χ1n) is 8.93. The van der Waals surface area contributed by atoms with Crippen LogP contribution in [0.1, 0.15) is 42.5 Å². The number of ether oxygens (including phenoxy) is 1. The van der Waals surface area contributed by atoms with Crippen molar-refractivity contribution in [3.63, 3.8) is 0 Å². The Kier molecular flexibility index (Phi) is 5.67. The zero-order valence-electron chi connectivity index (χ0n) is 14.6. The van der Waals surface area contributed by atoms with Gasteiger partial charge in [0.15, 0.2) is 0 Å². The number of piperidine rings is 1. The van der Waals surface area contributed by atoms with Crippen molar-refractivity contribution in [3.05, 3.63) is 28.8 Å². The second-order valence-electron chi connectivity index (χ2n) is 7.26. The second-order valence-corrected chi connectivity index (χ2v) is 7.67. The van der Waals surface area contributed by atoms with Crippen LogP contribution in [0.3, 0.4) is 0 Å². The highest BCUT2D eigenvalue weighted by atomic mass is 35.5. The van der Waals surface area contributed by atoms with Crippen molar-refractivity contribution >= 4 is 17.5 Å². The van der Waals surface area contributed by atoms with E-state index in [0.29, 0.717) is 22.6 Å². The van der Waals surface area contributed by atoms with E-state index in [1.807, 2.05) is 6.07 Å². The summed E-state index contributed by atoms with van der Waals surface area (Å²) in [6.45, 7) is 2.34. The van der Waals surface area contributed by atoms with Crippen LogP contribution in [-0.4, -0.2) is 44.1 Å². The van der Waals surface area contributed by atoms with Gasteiger partial charge in [0.1, 0.15) is 11.9 Å². The molecule has 2 unspecified atom stereocenters. The third-order valence-electron chi connectivity index (χ3n) is 5.13. The minimum Gasteiger partial charge on any atom is -0.490 e. The van der Waals surface area contributed by atoms with Gasteiger partial charge in [0.25, 0.3) is 5.91 Å². The maximum absolute atomic E-state index is 12.0. The lowest BCUT2D eigenvalue weighted by molar-refractivity contribution is 0.0827. The SMILES string of the molecule is CN(C)C(=O)c1ccc(OC2CC2CCC2CCNCC2)cc1Cl. The predicted octanol–water partition coefficient (Wildman–Crippen LogP) is 3.59. The lowest BCUT2D eigenvalue weighted by atomic mass is 9.92. The Morgan fingerprint density at radius 2 is 2.04 bits per heavy atom. The van der Waals surface area contributed by atoms with Gasteiger partial charge in [-0.3, -0.25) is 4.79 Å². The number of benzene rings is 1. The molecule has 2 fully saturated rings. The van der Waals surface area contributed by atoms with E-state index >= 15 is 0 Å². The minimum absolute atomic E-state index is 0.0854. The van der Waals surface area contributed by atoms with Gasteiger partial charge in [-0.05, 0) is 75.2 Å². The first kappa shape index (κ1) is 17.6. The highest BCUT2D eigenvalue weighted by Gasteiger charge is 2.39. The van der Waals surface area contributed by atoms with E-state index in [1.54, 1.807) is 26.2 Å². The van der Waals surface area contributed by atoms with Gasteiger partial charge in [0.2, 0.25) is 0 Å². The average Bonchev–Trinajstić information content (AvgIpc) is 3.31. The van der Waals surface area contributed by atoms with Gasteiger partial charge in [0.05, 0.1) is 10.6 Å². The van der Waals surface area contributed by atoms with Gasteiger partial charge in [-0.15, -0.1) is 0 Å². The lowest BCUT2D eigenvalue weighted by Gasteiger charge is -2.22. The van der Waals surface area contributed by atoms with E-state index < -0.39 is 0 Å². The van der Waals surface area contributed by atoms with Crippen molar-refractivity contribution in [2.75, 3.05) is 27.2 Å². The van der Waals surface area contributed by atoms with Crippen LogP contribution in [0.5, 0.6) is 5.75 Å². The number of carbonyl (C=O) groups excluding carboxylic acids is 1. The van der Waals surface area contributed by atoms with Gasteiger partial charge in [-0.2, -0.15) is 0 Å². The molecule has 0 bridgehead atoms. The number of amides is 1. The Labute approximate surface area is 149 Å². The summed E-state index contributed by atoms with van der Waals surface area (Å²) in [6, 6.07) is 5.37. The summed E-state index contributed by atoms with van der Waals surface area (Å²) >= 11 is 6.24. The van der Waals surface area contributed by atoms with Crippen LogP contribution in [0.25, 0.3) is 0 Å². The van der Waals surface area contributed by atoms with Gasteiger partial charge >= 0.3 is 0 Å². The van der Waals surface area contributed by atoms with Crippen LogP contribution in [0, 0.1) is 11.8 Å². The Morgan fingerprint density at radius 3 is 2.71 bits per heavy atom. The summed E-state index contributed by atoms with van der Waals surface area (Å²) in [4.78, 5) is 13.5. The van der Waals surface area contributed by atoms with Crippen molar-refractivity contribution in [1.29, 1.82) is 0 Å². The smallest absolute Gasteiger partial charge is 0.254 e. The fraction of sp³-hybridized carbons (Fsp3) is 0.632. The molecule has 2 aliphatic rings. The molecule has 1 heterocycles. The zero-order chi connectivity index (χ0) is 17.1. The predicted molar refractivity (Wildman–Crippen MR) is 96.8 cm³/mol. The highest BCUT2D eigenvalue weighted by Crippen LogP contribution is 2.40. The quantitative estimate of drug-likeness (QED) is 0.852. The number of nitrogens with zero attached hydrogens (tertiary/aromatic N) is 1. The highest BCUT2D eigenvalue weighted by molar-refractivity contribution is 6.34. The summed E-state index contributed by atoms with van der Waals surface area (Å²) < 4.78 is 6.03. The van der Waals surface area contributed by atoms with Crippen molar-refractivity contribution in [1.82, 2.24) is 10.2 Å². The molecule has 24 heavy (non-hydrogen) atoms. The largest absolute Gasteiger partial charge is 0.490 e. The maximum Gasteiger partial charge on any atom is 0.254 e. The summed E-state index contributed by atoms with van der Waals surface area (Å²) in [5.41, 5.74) is 0.521. The van der Waals surface area contributed by atoms with Crippen LogP contribution in [0.15, 0.2) is 18.2 Å². The molecule has 1 amide bonds. The molecule has 1 saturated carbocycles. The molecule has 132 valence electrons. The Balaban J connectivity index is 1.47. The van der Waals surface area contributed by atoms with Gasteiger partial charge in [-0.1, -0.05) is 11.6 Å². The van der Waals surface area contributed by atoms with Crippen molar-refractivity contribution < 1.29 is 9.53 Å². The summed E-state index contributed by atoms with van der Waals surface area (Å²) in [5, 5.41) is 3.88. The fourth-order valence-electron chi connectivity index (χ4n) is 3.45. The van der Waals surface area contributed by atoms with Crippen LogP contribution in [0.4, 0.5) is 0 Å². The van der Waals surface area contributed by atoms with Gasteiger partial charge < -0.3 is 15.0 Å². The van der Waals surface area contributed by atoms with Crippen LogP contribution in [0.2, 0.25) is 5.02 Å². The van der Waals surface area contributed by atoms with Gasteiger partial charge in [0, 0.05) is 14.1 Å². The Hall–Kier alpha value is -1.26. The molecule has 1 saturated heterocycles. The summed E-state index contributed by atoms with van der Waals surface area (Å²) in [7, 11) is 3.44. The van der Waals surface area contributed by atoms with Crippen LogP contribution >= 0.6 is 11.6 Å². The molecule has 3 rings (SSSR count). The van der Waals surface area contributed by atoms with Crippen LogP contribution in [-0.2, 0) is 0 Å². The summed E-state index contributed by atoms with van der Waals surface area (Å²) in [6.07, 6.45) is 6.67. The fourth-order valence-corrected chi connectivity index (χ4v) is 3.70. The molecule has 4 nitrogen and oxygen atoms in total. The number of rotatable bonds is 6. The average molecular weight is 351 g/mol. The Bertz CT molecular complexity index is 585. The number of hydrogen-bond donors (Lipinski definition) is 1. The van der Waals surface area contributed by atoms with Gasteiger partial charge in [-0.25, -0.2) is 0 Å². The third-order valence-corrected chi connectivity index (χ3v) is 5.44. The van der Waals surface area contributed by atoms with E-state index in [2.05, 4.69) is 5.32 Å². The zero-order valence-corrected chi connectivity index (χ0v) is 15.3. The molecule has 1 aromatic rings. The molecule has 0 radical (unpaired) electrons. The molecular weight excluding hydrogens is 324 g/mol. The number of carbonyl (C=O) groups is 1. The number of hydrogen-bond acceptors (Lipinski definition) is 3. The van der Waals surface area contributed by atoms with E-state index in [4.69, 9.17) is 16.3 Å².